The van der Waals surface area contributed by atoms with E-state index in [0.29, 0.717) is 18.0 Å². The smallest absolute Gasteiger partial charge is 0.335 e. The highest BCUT2D eigenvalue weighted by Gasteiger charge is 2.30. The van der Waals surface area contributed by atoms with Crippen molar-refractivity contribution < 1.29 is 14.7 Å². The molecule has 120 valence electrons. The minimum atomic E-state index is -1.02. The molecule has 2 N–H and O–H groups in total. The van der Waals surface area contributed by atoms with Crippen LogP contribution < -0.4 is 5.32 Å². The van der Waals surface area contributed by atoms with Gasteiger partial charge < -0.3 is 10.4 Å². The second-order valence-electron chi connectivity index (χ2n) is 6.87. The summed E-state index contributed by atoms with van der Waals surface area (Å²) in [5, 5.41) is 11.9. The summed E-state index contributed by atoms with van der Waals surface area (Å²) in [6, 6.07) is 6.12. The second-order valence-corrected chi connectivity index (χ2v) is 6.87. The van der Waals surface area contributed by atoms with Gasteiger partial charge in [0, 0.05) is 24.2 Å². The molecule has 0 radical (unpaired) electrons. The summed E-state index contributed by atoms with van der Waals surface area (Å²) < 4.78 is 0. The predicted octanol–water partition coefficient (Wildman–Crippen LogP) is 2.24. The number of rotatable bonds is 4. The summed E-state index contributed by atoms with van der Waals surface area (Å²) in [5.41, 5.74) is 0.687. The topological polar surface area (TPSA) is 69.6 Å². The van der Waals surface area contributed by atoms with Gasteiger partial charge in [-0.3, -0.25) is 9.69 Å². The number of nitrogens with one attached hydrogen (secondary N) is 1. The Bertz CT molecular complexity index is 563. The van der Waals surface area contributed by atoms with Crippen LogP contribution in [0.15, 0.2) is 24.3 Å². The Morgan fingerprint density at radius 3 is 2.59 bits per heavy atom. The minimum Gasteiger partial charge on any atom is -0.478 e. The van der Waals surface area contributed by atoms with Crippen molar-refractivity contribution in [2.75, 3.05) is 19.6 Å². The number of benzene rings is 1. The maximum Gasteiger partial charge on any atom is 0.335 e. The van der Waals surface area contributed by atoms with Crippen LogP contribution in [0.2, 0.25) is 0 Å². The third kappa shape index (κ3) is 4.07. The Morgan fingerprint density at radius 1 is 1.32 bits per heavy atom. The highest BCUT2D eigenvalue weighted by atomic mass is 16.4. The molecule has 0 saturated carbocycles. The number of carboxylic acids is 1. The van der Waals surface area contributed by atoms with Gasteiger partial charge >= 0.3 is 5.97 Å². The fourth-order valence-electron chi connectivity index (χ4n) is 2.74. The van der Waals surface area contributed by atoms with Gasteiger partial charge in [-0.2, -0.15) is 0 Å². The van der Waals surface area contributed by atoms with Gasteiger partial charge in [0.05, 0.1) is 5.56 Å². The van der Waals surface area contributed by atoms with E-state index < -0.39 is 5.97 Å². The molecule has 22 heavy (non-hydrogen) atoms. The summed E-state index contributed by atoms with van der Waals surface area (Å²) in [6.07, 6.45) is 1.08. The van der Waals surface area contributed by atoms with Crippen LogP contribution in [0, 0.1) is 5.92 Å². The fourth-order valence-corrected chi connectivity index (χ4v) is 2.74. The lowest BCUT2D eigenvalue weighted by atomic mass is 10.1. The molecule has 0 aliphatic carbocycles. The van der Waals surface area contributed by atoms with Gasteiger partial charge in [0.2, 0.25) is 0 Å². The number of likely N-dealkylation sites (tertiary alicyclic amines) is 1. The van der Waals surface area contributed by atoms with Crippen molar-refractivity contribution in [2.24, 2.45) is 5.92 Å². The molecule has 1 heterocycles. The Balaban J connectivity index is 1.89. The summed E-state index contributed by atoms with van der Waals surface area (Å²) in [5.74, 6) is -0.783. The maximum atomic E-state index is 12.1. The van der Waals surface area contributed by atoms with Gasteiger partial charge in [0.1, 0.15) is 0 Å². The quantitative estimate of drug-likeness (QED) is 0.895. The first-order valence-corrected chi connectivity index (χ1v) is 7.64. The third-order valence-electron chi connectivity index (χ3n) is 4.16. The van der Waals surface area contributed by atoms with Crippen molar-refractivity contribution in [3.8, 4) is 0 Å². The van der Waals surface area contributed by atoms with Crippen LogP contribution in [0.5, 0.6) is 0 Å². The van der Waals surface area contributed by atoms with E-state index in [-0.39, 0.29) is 17.0 Å². The number of carbonyl (C=O) groups is 2. The molecular formula is C17H24N2O3. The lowest BCUT2D eigenvalue weighted by Gasteiger charge is -2.31. The van der Waals surface area contributed by atoms with Gasteiger partial charge in [-0.25, -0.2) is 4.79 Å². The van der Waals surface area contributed by atoms with Crippen LogP contribution in [0.25, 0.3) is 0 Å². The van der Waals surface area contributed by atoms with Crippen molar-refractivity contribution in [3.63, 3.8) is 0 Å². The zero-order valence-electron chi connectivity index (χ0n) is 13.4. The van der Waals surface area contributed by atoms with Gasteiger partial charge in [-0.05, 0) is 57.9 Å². The molecule has 0 spiro atoms. The molecule has 1 aliphatic rings. The molecule has 1 atom stereocenters. The molecular weight excluding hydrogens is 280 g/mol. The summed E-state index contributed by atoms with van der Waals surface area (Å²) in [6.45, 7) is 9.27. The highest BCUT2D eigenvalue weighted by molar-refractivity contribution is 5.97. The Labute approximate surface area is 131 Å². The van der Waals surface area contributed by atoms with Crippen LogP contribution in [-0.2, 0) is 0 Å². The zero-order chi connectivity index (χ0) is 16.3. The van der Waals surface area contributed by atoms with Crippen molar-refractivity contribution in [2.45, 2.75) is 32.7 Å². The van der Waals surface area contributed by atoms with Crippen molar-refractivity contribution in [1.29, 1.82) is 0 Å². The largest absolute Gasteiger partial charge is 0.478 e. The van der Waals surface area contributed by atoms with Gasteiger partial charge in [0.25, 0.3) is 5.91 Å². The normalized spacial score (nSPS) is 19.1. The van der Waals surface area contributed by atoms with Crippen molar-refractivity contribution in [3.05, 3.63) is 35.4 Å². The van der Waals surface area contributed by atoms with Crippen molar-refractivity contribution in [1.82, 2.24) is 10.2 Å². The number of hydrogen-bond acceptors (Lipinski definition) is 3. The lowest BCUT2D eigenvalue weighted by Crippen LogP contribution is -2.40. The minimum absolute atomic E-state index is 0.132. The summed E-state index contributed by atoms with van der Waals surface area (Å²) >= 11 is 0. The van der Waals surface area contributed by atoms with Gasteiger partial charge in [0.15, 0.2) is 0 Å². The monoisotopic (exact) mass is 304 g/mol. The molecule has 5 nitrogen and oxygen atoms in total. The van der Waals surface area contributed by atoms with E-state index in [4.69, 9.17) is 5.11 Å². The van der Waals surface area contributed by atoms with E-state index in [2.05, 4.69) is 31.0 Å². The van der Waals surface area contributed by atoms with E-state index in [1.54, 1.807) is 12.1 Å². The Hall–Kier alpha value is -1.88. The van der Waals surface area contributed by atoms with Crippen LogP contribution in [0.4, 0.5) is 0 Å². The molecule has 0 aromatic heterocycles. The predicted molar refractivity (Wildman–Crippen MR) is 85.2 cm³/mol. The van der Waals surface area contributed by atoms with E-state index in [1.165, 1.54) is 12.1 Å². The van der Waals surface area contributed by atoms with E-state index in [9.17, 15) is 9.59 Å². The Morgan fingerprint density at radius 2 is 2.00 bits per heavy atom. The average molecular weight is 304 g/mol. The van der Waals surface area contributed by atoms with E-state index in [0.717, 1.165) is 19.5 Å². The number of hydrogen-bond donors (Lipinski definition) is 2. The molecule has 1 aliphatic heterocycles. The number of carboxylic acid groups (broad SMARTS) is 1. The molecule has 1 aromatic rings. The average Bonchev–Trinajstić information content (AvgIpc) is 2.94. The maximum absolute atomic E-state index is 12.1. The standard InChI is InChI=1S/C17H24N2O3/c1-17(2,3)19-8-7-12(11-19)10-18-15(20)13-5-4-6-14(9-13)16(21)22/h4-6,9,12H,7-8,10-11H2,1-3H3,(H,18,20)(H,21,22). The van der Waals surface area contributed by atoms with Crippen LogP contribution in [-0.4, -0.2) is 47.1 Å². The molecule has 1 unspecified atom stereocenters. The second kappa shape index (κ2) is 6.48. The first-order chi connectivity index (χ1) is 10.3. The summed E-state index contributed by atoms with van der Waals surface area (Å²) in [4.78, 5) is 25.5. The van der Waals surface area contributed by atoms with Crippen LogP contribution in [0.3, 0.4) is 0 Å². The van der Waals surface area contributed by atoms with Crippen LogP contribution in [0.1, 0.15) is 47.9 Å². The molecule has 1 fully saturated rings. The number of aromatic carboxylic acids is 1. The number of nitrogens with zero attached hydrogens (tertiary/aromatic N) is 1. The number of amides is 1. The first kappa shape index (κ1) is 16.5. The third-order valence-corrected chi connectivity index (χ3v) is 4.16. The first-order valence-electron chi connectivity index (χ1n) is 7.64. The molecule has 2 rings (SSSR count). The van der Waals surface area contributed by atoms with Crippen LogP contribution >= 0.6 is 0 Å². The summed E-state index contributed by atoms with van der Waals surface area (Å²) in [7, 11) is 0. The SMILES string of the molecule is CC(C)(C)N1CCC(CNC(=O)c2cccc(C(=O)O)c2)C1. The zero-order valence-corrected chi connectivity index (χ0v) is 13.4. The fraction of sp³-hybridized carbons (Fsp3) is 0.529. The van der Waals surface area contributed by atoms with Gasteiger partial charge in [-0.15, -0.1) is 0 Å². The molecule has 0 bridgehead atoms. The highest BCUT2D eigenvalue weighted by Crippen LogP contribution is 2.23. The van der Waals surface area contributed by atoms with E-state index in [1.807, 2.05) is 0 Å². The molecule has 1 saturated heterocycles. The lowest BCUT2D eigenvalue weighted by molar-refractivity contribution is 0.0697. The molecule has 1 amide bonds. The van der Waals surface area contributed by atoms with Crippen molar-refractivity contribution >= 4 is 11.9 Å². The Kier molecular flexibility index (Phi) is 4.86. The molecule has 1 aromatic carbocycles. The number of carbonyl (C=O) groups excluding carboxylic acids is 1. The van der Waals surface area contributed by atoms with Gasteiger partial charge in [-0.1, -0.05) is 6.07 Å². The van der Waals surface area contributed by atoms with E-state index >= 15 is 0 Å². The molecule has 5 heteroatoms.